The predicted molar refractivity (Wildman–Crippen MR) is 116 cm³/mol. The van der Waals surface area contributed by atoms with Gasteiger partial charge < -0.3 is 10.2 Å². The Kier molecular flexibility index (Phi) is 6.53. The summed E-state index contributed by atoms with van der Waals surface area (Å²) in [5.74, 6) is -0.00415. The second-order valence-electron chi connectivity index (χ2n) is 8.80. The van der Waals surface area contributed by atoms with Gasteiger partial charge in [0, 0.05) is 38.3 Å². The van der Waals surface area contributed by atoms with Crippen molar-refractivity contribution in [2.24, 2.45) is 0 Å². The number of carbonyl (C=O) groups is 1. The first-order valence-corrected chi connectivity index (χ1v) is 10.2. The molecule has 4 heteroatoms. The Balaban J connectivity index is 1.68. The van der Waals surface area contributed by atoms with E-state index < -0.39 is 0 Å². The minimum Gasteiger partial charge on any atom is -0.350 e. The summed E-state index contributed by atoms with van der Waals surface area (Å²) in [5.41, 5.74) is 3.31. The highest BCUT2D eigenvalue weighted by Crippen LogP contribution is 2.23. The first-order valence-electron chi connectivity index (χ1n) is 10.2. The molecule has 0 spiro atoms. The third kappa shape index (κ3) is 5.21. The standard InChI is InChI=1S/C24H33N3O/c1-24(2,3)21-12-10-20(11-13-21)23(28)25-18-22(19-8-6-5-7-9-19)27-16-14-26(4)15-17-27/h5-13,22H,14-18H2,1-4H3,(H,25,28). The van der Waals surface area contributed by atoms with Crippen molar-refractivity contribution >= 4 is 5.91 Å². The molecule has 1 heterocycles. The van der Waals surface area contributed by atoms with E-state index in [9.17, 15) is 4.79 Å². The number of hydrogen-bond acceptors (Lipinski definition) is 3. The van der Waals surface area contributed by atoms with E-state index >= 15 is 0 Å². The fraction of sp³-hybridized carbons (Fsp3) is 0.458. The Labute approximate surface area is 169 Å². The molecular formula is C24H33N3O. The third-order valence-electron chi connectivity index (χ3n) is 5.63. The van der Waals surface area contributed by atoms with Crippen molar-refractivity contribution in [3.63, 3.8) is 0 Å². The number of likely N-dealkylation sites (N-methyl/N-ethyl adjacent to an activating group) is 1. The Morgan fingerprint density at radius 3 is 2.14 bits per heavy atom. The van der Waals surface area contributed by atoms with Crippen molar-refractivity contribution in [3.8, 4) is 0 Å². The molecule has 1 unspecified atom stereocenters. The maximum Gasteiger partial charge on any atom is 0.251 e. The van der Waals surface area contributed by atoms with Crippen molar-refractivity contribution in [1.82, 2.24) is 15.1 Å². The van der Waals surface area contributed by atoms with Crippen LogP contribution in [0.4, 0.5) is 0 Å². The average molecular weight is 380 g/mol. The van der Waals surface area contributed by atoms with E-state index in [0.29, 0.717) is 6.54 Å². The normalized spacial score (nSPS) is 17.3. The summed E-state index contributed by atoms with van der Waals surface area (Å²) in [4.78, 5) is 17.6. The molecule has 150 valence electrons. The highest BCUT2D eigenvalue weighted by Gasteiger charge is 2.24. The van der Waals surface area contributed by atoms with Crippen LogP contribution in [0.3, 0.4) is 0 Å². The molecule has 1 N–H and O–H groups in total. The van der Waals surface area contributed by atoms with Crippen molar-refractivity contribution in [3.05, 3.63) is 71.3 Å². The van der Waals surface area contributed by atoms with E-state index in [1.54, 1.807) is 0 Å². The van der Waals surface area contributed by atoms with Gasteiger partial charge in [-0.2, -0.15) is 0 Å². The van der Waals surface area contributed by atoms with Gasteiger partial charge in [0.25, 0.3) is 5.91 Å². The van der Waals surface area contributed by atoms with Gasteiger partial charge in [0.1, 0.15) is 0 Å². The van der Waals surface area contributed by atoms with Gasteiger partial charge in [-0.15, -0.1) is 0 Å². The third-order valence-corrected chi connectivity index (χ3v) is 5.63. The van der Waals surface area contributed by atoms with Crippen LogP contribution in [0.2, 0.25) is 0 Å². The van der Waals surface area contributed by atoms with E-state index in [4.69, 9.17) is 0 Å². The molecule has 2 aromatic carbocycles. The molecule has 1 saturated heterocycles. The topological polar surface area (TPSA) is 35.6 Å². The monoisotopic (exact) mass is 379 g/mol. The van der Waals surface area contributed by atoms with Crippen molar-refractivity contribution in [2.75, 3.05) is 39.8 Å². The lowest BCUT2D eigenvalue weighted by molar-refractivity contribution is 0.0886. The fourth-order valence-electron chi connectivity index (χ4n) is 3.68. The molecule has 0 saturated carbocycles. The minimum absolute atomic E-state index is 0.00415. The number of nitrogens with one attached hydrogen (secondary N) is 1. The summed E-state index contributed by atoms with van der Waals surface area (Å²) in [5, 5.41) is 3.17. The summed E-state index contributed by atoms with van der Waals surface area (Å²) in [6.07, 6.45) is 0. The summed E-state index contributed by atoms with van der Waals surface area (Å²) in [7, 11) is 2.16. The number of piperazine rings is 1. The number of rotatable bonds is 5. The largest absolute Gasteiger partial charge is 0.350 e. The molecule has 3 rings (SSSR count). The Morgan fingerprint density at radius 1 is 0.964 bits per heavy atom. The maximum absolute atomic E-state index is 12.7. The minimum atomic E-state index is -0.00415. The highest BCUT2D eigenvalue weighted by molar-refractivity contribution is 5.94. The van der Waals surface area contributed by atoms with E-state index in [2.05, 4.69) is 79.3 Å². The zero-order valence-corrected chi connectivity index (χ0v) is 17.6. The number of amides is 1. The molecule has 0 aliphatic carbocycles. The second kappa shape index (κ2) is 8.89. The summed E-state index contributed by atoms with van der Waals surface area (Å²) in [6.45, 7) is 11.3. The molecule has 2 aromatic rings. The lowest BCUT2D eigenvalue weighted by Crippen LogP contribution is -2.48. The lowest BCUT2D eigenvalue weighted by Gasteiger charge is -2.38. The molecule has 1 amide bonds. The Bertz CT molecular complexity index is 757. The smallest absolute Gasteiger partial charge is 0.251 e. The first-order chi connectivity index (χ1) is 13.3. The van der Waals surface area contributed by atoms with Gasteiger partial charge in [-0.3, -0.25) is 9.69 Å². The number of carbonyl (C=O) groups excluding carboxylic acids is 1. The van der Waals surface area contributed by atoms with Crippen molar-refractivity contribution in [2.45, 2.75) is 32.2 Å². The van der Waals surface area contributed by atoms with Gasteiger partial charge in [0.05, 0.1) is 6.04 Å². The molecule has 28 heavy (non-hydrogen) atoms. The van der Waals surface area contributed by atoms with Crippen LogP contribution in [-0.2, 0) is 5.41 Å². The van der Waals surface area contributed by atoms with Crippen LogP contribution >= 0.6 is 0 Å². The van der Waals surface area contributed by atoms with E-state index in [0.717, 1.165) is 31.7 Å². The molecule has 1 fully saturated rings. The second-order valence-corrected chi connectivity index (χ2v) is 8.80. The van der Waals surface area contributed by atoms with Gasteiger partial charge in [-0.25, -0.2) is 0 Å². The number of hydrogen-bond donors (Lipinski definition) is 1. The van der Waals surface area contributed by atoms with E-state index in [1.807, 2.05) is 18.2 Å². The molecular weight excluding hydrogens is 346 g/mol. The van der Waals surface area contributed by atoms with Crippen molar-refractivity contribution < 1.29 is 4.79 Å². The summed E-state index contributed by atoms with van der Waals surface area (Å²) >= 11 is 0. The Hall–Kier alpha value is -2.17. The molecule has 0 aromatic heterocycles. The van der Waals surface area contributed by atoms with Gasteiger partial charge in [-0.1, -0.05) is 63.2 Å². The predicted octanol–water partition coefficient (Wildman–Crippen LogP) is 3.70. The summed E-state index contributed by atoms with van der Waals surface area (Å²) < 4.78 is 0. The van der Waals surface area contributed by atoms with Gasteiger partial charge in [0.2, 0.25) is 0 Å². The molecule has 1 aliphatic heterocycles. The van der Waals surface area contributed by atoms with Crippen LogP contribution in [0.25, 0.3) is 0 Å². The SMILES string of the molecule is CN1CCN(C(CNC(=O)c2ccc(C(C)(C)C)cc2)c2ccccc2)CC1. The zero-order chi connectivity index (χ0) is 20.1. The maximum atomic E-state index is 12.7. The molecule has 1 atom stereocenters. The van der Waals surface area contributed by atoms with Crippen LogP contribution in [0, 0.1) is 0 Å². The quantitative estimate of drug-likeness (QED) is 0.860. The van der Waals surface area contributed by atoms with Crippen LogP contribution < -0.4 is 5.32 Å². The number of nitrogens with zero attached hydrogens (tertiary/aromatic N) is 2. The zero-order valence-electron chi connectivity index (χ0n) is 17.6. The van der Waals surface area contributed by atoms with Gasteiger partial charge >= 0.3 is 0 Å². The van der Waals surface area contributed by atoms with Crippen LogP contribution in [-0.4, -0.2) is 55.5 Å². The number of benzene rings is 2. The molecule has 0 radical (unpaired) electrons. The van der Waals surface area contributed by atoms with Crippen LogP contribution in [0.5, 0.6) is 0 Å². The lowest BCUT2D eigenvalue weighted by atomic mass is 9.87. The molecule has 0 bridgehead atoms. The van der Waals surface area contributed by atoms with E-state index in [1.165, 1.54) is 11.1 Å². The highest BCUT2D eigenvalue weighted by atomic mass is 16.1. The van der Waals surface area contributed by atoms with E-state index in [-0.39, 0.29) is 17.4 Å². The first kappa shape index (κ1) is 20.6. The van der Waals surface area contributed by atoms with Gasteiger partial charge in [0.15, 0.2) is 0 Å². The average Bonchev–Trinajstić information content (AvgIpc) is 2.69. The molecule has 1 aliphatic rings. The van der Waals surface area contributed by atoms with Gasteiger partial charge in [-0.05, 0) is 35.7 Å². The van der Waals surface area contributed by atoms with Crippen molar-refractivity contribution in [1.29, 1.82) is 0 Å². The van der Waals surface area contributed by atoms with Crippen LogP contribution in [0.1, 0.15) is 48.3 Å². The molecule has 4 nitrogen and oxygen atoms in total. The Morgan fingerprint density at radius 2 is 1.57 bits per heavy atom. The van der Waals surface area contributed by atoms with Crippen LogP contribution in [0.15, 0.2) is 54.6 Å². The fourth-order valence-corrected chi connectivity index (χ4v) is 3.68. The summed E-state index contributed by atoms with van der Waals surface area (Å²) in [6, 6.07) is 18.7.